The summed E-state index contributed by atoms with van der Waals surface area (Å²) in [5.41, 5.74) is 1.05. The zero-order valence-electron chi connectivity index (χ0n) is 11.6. The van der Waals surface area contributed by atoms with Crippen LogP contribution in [0.5, 0.6) is 0 Å². The molecule has 0 heterocycles. The Balaban J connectivity index is 2.00. The lowest BCUT2D eigenvalue weighted by Gasteiger charge is -2.13. The number of urea groups is 1. The Morgan fingerprint density at radius 1 is 1.20 bits per heavy atom. The minimum Gasteiger partial charge on any atom is -0.335 e. The van der Waals surface area contributed by atoms with Gasteiger partial charge in [0.05, 0.1) is 4.90 Å². The molecule has 0 atom stereocenters. The van der Waals surface area contributed by atoms with Gasteiger partial charge in [-0.1, -0.05) is 31.9 Å². The third-order valence-corrected chi connectivity index (χ3v) is 4.91. The standard InChI is InChI=1S/C14H20N2O3S/c1-2-11-7-9-13(10-8-11)20(18,19)16-14(17)15-12-5-3-4-6-12/h7-10,12H,2-6H2,1H3,(H2,15,16,17). The number of benzene rings is 1. The van der Waals surface area contributed by atoms with E-state index in [2.05, 4.69) is 10.0 Å². The second-order valence-corrected chi connectivity index (χ2v) is 6.74. The van der Waals surface area contributed by atoms with Crippen LogP contribution >= 0.6 is 0 Å². The van der Waals surface area contributed by atoms with E-state index in [9.17, 15) is 13.2 Å². The van der Waals surface area contributed by atoms with Crippen molar-refractivity contribution in [3.05, 3.63) is 29.8 Å². The Kier molecular flexibility index (Phi) is 4.65. The number of hydrogen-bond donors (Lipinski definition) is 2. The fourth-order valence-corrected chi connectivity index (χ4v) is 3.29. The maximum Gasteiger partial charge on any atom is 0.328 e. The SMILES string of the molecule is CCc1ccc(S(=O)(=O)NC(=O)NC2CCCC2)cc1. The second-order valence-electron chi connectivity index (χ2n) is 5.06. The van der Waals surface area contributed by atoms with Gasteiger partial charge in [-0.25, -0.2) is 17.9 Å². The first-order chi connectivity index (χ1) is 9.51. The highest BCUT2D eigenvalue weighted by atomic mass is 32.2. The summed E-state index contributed by atoms with van der Waals surface area (Å²) < 4.78 is 26.1. The van der Waals surface area contributed by atoms with E-state index in [0.29, 0.717) is 0 Å². The Morgan fingerprint density at radius 2 is 1.80 bits per heavy atom. The zero-order valence-corrected chi connectivity index (χ0v) is 12.4. The van der Waals surface area contributed by atoms with Gasteiger partial charge in [-0.3, -0.25) is 0 Å². The molecule has 1 aromatic rings. The van der Waals surface area contributed by atoms with Crippen molar-refractivity contribution in [2.24, 2.45) is 0 Å². The van der Waals surface area contributed by atoms with Crippen molar-refractivity contribution in [2.45, 2.75) is 50.0 Å². The zero-order chi connectivity index (χ0) is 14.6. The highest BCUT2D eigenvalue weighted by Gasteiger charge is 2.21. The van der Waals surface area contributed by atoms with Crippen LogP contribution in [0.2, 0.25) is 0 Å². The Hall–Kier alpha value is -1.56. The van der Waals surface area contributed by atoms with Crippen molar-refractivity contribution in [1.82, 2.24) is 10.0 Å². The number of hydrogen-bond acceptors (Lipinski definition) is 3. The number of nitrogens with one attached hydrogen (secondary N) is 2. The first-order valence-electron chi connectivity index (χ1n) is 6.93. The molecule has 5 nitrogen and oxygen atoms in total. The quantitative estimate of drug-likeness (QED) is 0.894. The average molecular weight is 296 g/mol. The van der Waals surface area contributed by atoms with Gasteiger partial charge in [-0.2, -0.15) is 0 Å². The van der Waals surface area contributed by atoms with Gasteiger partial charge in [0.2, 0.25) is 0 Å². The highest BCUT2D eigenvalue weighted by Crippen LogP contribution is 2.17. The predicted octanol–water partition coefficient (Wildman–Crippen LogP) is 2.18. The van der Waals surface area contributed by atoms with E-state index in [0.717, 1.165) is 37.7 Å². The molecule has 0 unspecified atom stereocenters. The average Bonchev–Trinajstić information content (AvgIpc) is 2.91. The Morgan fingerprint density at radius 3 is 2.35 bits per heavy atom. The molecule has 1 saturated carbocycles. The minimum atomic E-state index is -3.79. The van der Waals surface area contributed by atoms with Gasteiger partial charge >= 0.3 is 6.03 Å². The monoisotopic (exact) mass is 296 g/mol. The van der Waals surface area contributed by atoms with E-state index in [1.807, 2.05) is 6.92 Å². The van der Waals surface area contributed by atoms with Gasteiger partial charge in [0.15, 0.2) is 0 Å². The maximum atomic E-state index is 12.0. The molecule has 2 N–H and O–H groups in total. The van der Waals surface area contributed by atoms with E-state index in [4.69, 9.17) is 0 Å². The van der Waals surface area contributed by atoms with Gasteiger partial charge in [0, 0.05) is 6.04 Å². The van der Waals surface area contributed by atoms with E-state index in [-0.39, 0.29) is 10.9 Å². The fraction of sp³-hybridized carbons (Fsp3) is 0.500. The maximum absolute atomic E-state index is 12.0. The lowest BCUT2D eigenvalue weighted by Crippen LogP contribution is -2.43. The number of amides is 2. The van der Waals surface area contributed by atoms with E-state index in [1.54, 1.807) is 12.1 Å². The summed E-state index contributed by atoms with van der Waals surface area (Å²) in [5, 5.41) is 2.70. The van der Waals surface area contributed by atoms with Crippen LogP contribution in [0.15, 0.2) is 29.2 Å². The summed E-state index contributed by atoms with van der Waals surface area (Å²) in [4.78, 5) is 11.8. The Bertz CT molecular complexity index is 561. The second kappa shape index (κ2) is 6.26. The van der Waals surface area contributed by atoms with E-state index in [1.165, 1.54) is 12.1 Å². The molecule has 2 rings (SSSR count). The number of sulfonamides is 1. The van der Waals surface area contributed by atoms with Crippen LogP contribution in [-0.2, 0) is 16.4 Å². The van der Waals surface area contributed by atoms with Crippen molar-refractivity contribution in [3.63, 3.8) is 0 Å². The minimum absolute atomic E-state index is 0.0904. The van der Waals surface area contributed by atoms with Gasteiger partial charge in [0.1, 0.15) is 0 Å². The molecular formula is C14H20N2O3S. The normalized spacial score (nSPS) is 16.1. The molecular weight excluding hydrogens is 276 g/mol. The lowest BCUT2D eigenvalue weighted by molar-refractivity contribution is 0.242. The molecule has 1 fully saturated rings. The molecule has 1 aliphatic carbocycles. The molecule has 20 heavy (non-hydrogen) atoms. The van der Waals surface area contributed by atoms with Crippen molar-refractivity contribution in [3.8, 4) is 0 Å². The first-order valence-corrected chi connectivity index (χ1v) is 8.42. The van der Waals surface area contributed by atoms with Gasteiger partial charge in [-0.05, 0) is 37.0 Å². The summed E-state index contributed by atoms with van der Waals surface area (Å²) in [6, 6.07) is 5.99. The molecule has 6 heteroatoms. The van der Waals surface area contributed by atoms with Crippen molar-refractivity contribution < 1.29 is 13.2 Å². The topological polar surface area (TPSA) is 75.3 Å². The molecule has 1 aliphatic rings. The smallest absolute Gasteiger partial charge is 0.328 e. The number of carbonyl (C=O) groups excluding carboxylic acids is 1. The highest BCUT2D eigenvalue weighted by molar-refractivity contribution is 7.90. The predicted molar refractivity (Wildman–Crippen MR) is 76.9 cm³/mol. The largest absolute Gasteiger partial charge is 0.335 e. The summed E-state index contributed by atoms with van der Waals surface area (Å²) >= 11 is 0. The van der Waals surface area contributed by atoms with Crippen molar-refractivity contribution in [1.29, 1.82) is 0 Å². The van der Waals surface area contributed by atoms with Gasteiger partial charge in [-0.15, -0.1) is 0 Å². The Labute approximate surface area is 119 Å². The summed E-state index contributed by atoms with van der Waals surface area (Å²) in [6.07, 6.45) is 4.83. The molecule has 0 aromatic heterocycles. The molecule has 0 spiro atoms. The molecule has 0 saturated heterocycles. The lowest BCUT2D eigenvalue weighted by atomic mass is 10.2. The van der Waals surface area contributed by atoms with Crippen LogP contribution in [-0.4, -0.2) is 20.5 Å². The molecule has 0 bridgehead atoms. The molecule has 0 radical (unpaired) electrons. The van der Waals surface area contributed by atoms with Gasteiger partial charge < -0.3 is 5.32 Å². The van der Waals surface area contributed by atoms with Crippen LogP contribution in [0.3, 0.4) is 0 Å². The van der Waals surface area contributed by atoms with Crippen LogP contribution in [0.1, 0.15) is 38.2 Å². The van der Waals surface area contributed by atoms with Crippen LogP contribution in [0.25, 0.3) is 0 Å². The van der Waals surface area contributed by atoms with E-state index < -0.39 is 16.1 Å². The number of rotatable bonds is 4. The fourth-order valence-electron chi connectivity index (χ4n) is 2.37. The first kappa shape index (κ1) is 14.8. The van der Waals surface area contributed by atoms with Crippen LogP contribution in [0.4, 0.5) is 4.79 Å². The summed E-state index contributed by atoms with van der Waals surface area (Å²) in [7, 11) is -3.79. The summed E-state index contributed by atoms with van der Waals surface area (Å²) in [5.74, 6) is 0. The van der Waals surface area contributed by atoms with Crippen LogP contribution < -0.4 is 10.0 Å². The molecule has 110 valence electrons. The molecule has 2 amide bonds. The third-order valence-electron chi connectivity index (χ3n) is 3.56. The van der Waals surface area contributed by atoms with Crippen molar-refractivity contribution >= 4 is 16.1 Å². The van der Waals surface area contributed by atoms with E-state index >= 15 is 0 Å². The molecule has 1 aromatic carbocycles. The summed E-state index contributed by atoms with van der Waals surface area (Å²) in [6.45, 7) is 2.00. The van der Waals surface area contributed by atoms with Crippen LogP contribution in [0, 0.1) is 0 Å². The van der Waals surface area contributed by atoms with Crippen molar-refractivity contribution in [2.75, 3.05) is 0 Å². The number of carbonyl (C=O) groups is 1. The van der Waals surface area contributed by atoms with Gasteiger partial charge in [0.25, 0.3) is 10.0 Å². The number of aryl methyl sites for hydroxylation is 1. The molecule has 0 aliphatic heterocycles. The third kappa shape index (κ3) is 3.72.